The first kappa shape index (κ1) is 30.6. The van der Waals surface area contributed by atoms with Gasteiger partial charge in [0.15, 0.2) is 0 Å². The molecule has 4 rings (SSSR count). The van der Waals surface area contributed by atoms with Gasteiger partial charge in [0.1, 0.15) is 12.6 Å². The van der Waals surface area contributed by atoms with Crippen LogP contribution in [-0.4, -0.2) is 43.8 Å². The monoisotopic (exact) mass is 595 g/mol. The minimum atomic E-state index is -4.10. The molecular formula is C32H38ClN3O4S. The zero-order chi connectivity index (χ0) is 29.6. The Morgan fingerprint density at radius 3 is 2.24 bits per heavy atom. The van der Waals surface area contributed by atoms with E-state index in [9.17, 15) is 18.0 Å². The molecule has 3 aromatic rings. The summed E-state index contributed by atoms with van der Waals surface area (Å²) in [5, 5.41) is 3.68. The van der Waals surface area contributed by atoms with Gasteiger partial charge in [0.25, 0.3) is 10.0 Å². The van der Waals surface area contributed by atoms with Crippen LogP contribution < -0.4 is 9.62 Å². The molecule has 218 valence electrons. The summed E-state index contributed by atoms with van der Waals surface area (Å²) in [6, 6.07) is 19.8. The summed E-state index contributed by atoms with van der Waals surface area (Å²) in [6.45, 7) is 5.10. The molecule has 0 spiro atoms. The van der Waals surface area contributed by atoms with E-state index in [1.807, 2.05) is 19.9 Å². The van der Waals surface area contributed by atoms with Crippen LogP contribution in [0.15, 0.2) is 77.7 Å². The molecule has 0 radical (unpaired) electrons. The number of hydrogen-bond donors (Lipinski definition) is 1. The predicted molar refractivity (Wildman–Crippen MR) is 163 cm³/mol. The molecule has 1 N–H and O–H groups in total. The van der Waals surface area contributed by atoms with Crippen molar-refractivity contribution in [2.75, 3.05) is 10.8 Å². The van der Waals surface area contributed by atoms with Crippen molar-refractivity contribution in [3.05, 3.63) is 94.5 Å². The van der Waals surface area contributed by atoms with E-state index in [1.165, 1.54) is 17.0 Å². The minimum Gasteiger partial charge on any atom is -0.352 e. The maximum atomic E-state index is 14.1. The fraction of sp³-hybridized carbons (Fsp3) is 0.375. The number of nitrogens with one attached hydrogen (secondary N) is 1. The quantitative estimate of drug-likeness (QED) is 0.311. The smallest absolute Gasteiger partial charge is 0.264 e. The van der Waals surface area contributed by atoms with Crippen LogP contribution in [0.2, 0.25) is 5.02 Å². The van der Waals surface area contributed by atoms with Crippen molar-refractivity contribution in [1.29, 1.82) is 0 Å². The van der Waals surface area contributed by atoms with Crippen LogP contribution in [0.25, 0.3) is 0 Å². The van der Waals surface area contributed by atoms with Gasteiger partial charge in [-0.05, 0) is 80.6 Å². The molecule has 7 nitrogen and oxygen atoms in total. The summed E-state index contributed by atoms with van der Waals surface area (Å²) in [7, 11) is -4.10. The second-order valence-corrected chi connectivity index (χ2v) is 13.0. The minimum absolute atomic E-state index is 0.0797. The SMILES string of the molecule is Cc1cccc(N(CC(=O)N(Cc2ccc(Cl)cc2)[C@@H](C)C(=O)NC2CCCCC2)S(=O)(=O)c2ccccc2)c1C. The van der Waals surface area contributed by atoms with Crippen molar-refractivity contribution in [3.8, 4) is 0 Å². The van der Waals surface area contributed by atoms with Gasteiger partial charge in [0.2, 0.25) is 11.8 Å². The van der Waals surface area contributed by atoms with Gasteiger partial charge < -0.3 is 10.2 Å². The zero-order valence-electron chi connectivity index (χ0n) is 23.8. The lowest BCUT2D eigenvalue weighted by molar-refractivity contribution is -0.139. The number of anilines is 1. The lowest BCUT2D eigenvalue weighted by atomic mass is 9.95. The van der Waals surface area contributed by atoms with E-state index in [4.69, 9.17) is 11.6 Å². The van der Waals surface area contributed by atoms with Crippen molar-refractivity contribution in [3.63, 3.8) is 0 Å². The van der Waals surface area contributed by atoms with Gasteiger partial charge >= 0.3 is 0 Å². The molecule has 0 aliphatic heterocycles. The van der Waals surface area contributed by atoms with Crippen molar-refractivity contribution in [1.82, 2.24) is 10.2 Å². The van der Waals surface area contributed by atoms with Crippen LogP contribution in [0.5, 0.6) is 0 Å². The molecule has 3 aromatic carbocycles. The number of nitrogens with zero attached hydrogens (tertiary/aromatic N) is 2. The van der Waals surface area contributed by atoms with Crippen molar-refractivity contribution >= 4 is 39.1 Å². The van der Waals surface area contributed by atoms with Gasteiger partial charge in [0.05, 0.1) is 10.6 Å². The van der Waals surface area contributed by atoms with Crippen LogP contribution in [0.1, 0.15) is 55.7 Å². The molecule has 2 amide bonds. The van der Waals surface area contributed by atoms with E-state index < -0.39 is 28.5 Å². The van der Waals surface area contributed by atoms with E-state index in [2.05, 4.69) is 5.32 Å². The number of rotatable bonds is 10. The number of aryl methyl sites for hydroxylation is 1. The van der Waals surface area contributed by atoms with Crippen molar-refractivity contribution in [2.45, 2.75) is 76.4 Å². The second-order valence-electron chi connectivity index (χ2n) is 10.7. The summed E-state index contributed by atoms with van der Waals surface area (Å²) in [5.74, 6) is -0.727. The average molecular weight is 596 g/mol. The Bertz CT molecular complexity index is 1460. The van der Waals surface area contributed by atoms with Crippen LogP contribution in [-0.2, 0) is 26.2 Å². The summed E-state index contributed by atoms with van der Waals surface area (Å²) >= 11 is 6.09. The number of amides is 2. The van der Waals surface area contributed by atoms with Gasteiger partial charge in [0, 0.05) is 17.6 Å². The molecule has 9 heteroatoms. The molecule has 41 heavy (non-hydrogen) atoms. The van der Waals surface area contributed by atoms with E-state index in [0.717, 1.165) is 53.1 Å². The molecule has 1 aliphatic rings. The fourth-order valence-electron chi connectivity index (χ4n) is 5.18. The first-order chi connectivity index (χ1) is 19.6. The number of hydrogen-bond acceptors (Lipinski definition) is 4. The highest BCUT2D eigenvalue weighted by molar-refractivity contribution is 7.92. The van der Waals surface area contributed by atoms with E-state index >= 15 is 0 Å². The molecule has 0 aromatic heterocycles. The topological polar surface area (TPSA) is 86.8 Å². The predicted octanol–water partition coefficient (Wildman–Crippen LogP) is 6.02. The maximum absolute atomic E-state index is 14.1. The third-order valence-corrected chi connectivity index (χ3v) is 9.87. The Morgan fingerprint density at radius 1 is 0.927 bits per heavy atom. The largest absolute Gasteiger partial charge is 0.352 e. The van der Waals surface area contributed by atoms with Crippen LogP contribution in [0, 0.1) is 13.8 Å². The summed E-state index contributed by atoms with van der Waals surface area (Å²) in [6.07, 6.45) is 5.12. The Morgan fingerprint density at radius 2 is 1.59 bits per heavy atom. The number of carbonyl (C=O) groups excluding carboxylic acids is 2. The highest BCUT2D eigenvalue weighted by atomic mass is 35.5. The van der Waals surface area contributed by atoms with Crippen LogP contribution in [0.4, 0.5) is 5.69 Å². The van der Waals surface area contributed by atoms with Crippen molar-refractivity contribution < 1.29 is 18.0 Å². The van der Waals surface area contributed by atoms with Crippen molar-refractivity contribution in [2.24, 2.45) is 0 Å². The summed E-state index contributed by atoms with van der Waals surface area (Å²) < 4.78 is 29.1. The van der Waals surface area contributed by atoms with Gasteiger partial charge in [-0.15, -0.1) is 0 Å². The molecular weight excluding hydrogens is 558 g/mol. The van der Waals surface area contributed by atoms with Gasteiger partial charge in [-0.1, -0.05) is 73.3 Å². The third-order valence-electron chi connectivity index (χ3n) is 7.84. The number of benzene rings is 3. The zero-order valence-corrected chi connectivity index (χ0v) is 25.4. The molecule has 1 aliphatic carbocycles. The van der Waals surface area contributed by atoms with E-state index in [-0.39, 0.29) is 23.4 Å². The normalized spacial score (nSPS) is 14.7. The third kappa shape index (κ3) is 7.49. The lowest BCUT2D eigenvalue weighted by Gasteiger charge is -2.33. The Labute approximate surface area is 248 Å². The number of sulfonamides is 1. The Kier molecular flexibility index (Phi) is 10.1. The van der Waals surface area contributed by atoms with Gasteiger partial charge in [-0.3, -0.25) is 13.9 Å². The standard InChI is InChI=1S/C32H38ClN3O4S/c1-23-11-10-16-30(24(23)2)36(41(39,40)29-14-8-5-9-15-29)22-31(37)35(21-26-17-19-27(33)20-18-26)25(3)32(38)34-28-12-6-4-7-13-28/h5,8-11,14-20,25,28H,4,6-7,12-13,21-22H2,1-3H3,(H,34,38)/t25-/m0/s1. The van der Waals surface area contributed by atoms with E-state index in [0.29, 0.717) is 10.7 Å². The average Bonchev–Trinajstić information content (AvgIpc) is 2.97. The van der Waals surface area contributed by atoms with Crippen LogP contribution in [0.3, 0.4) is 0 Å². The lowest BCUT2D eigenvalue weighted by Crippen LogP contribution is -2.53. The first-order valence-electron chi connectivity index (χ1n) is 14.1. The maximum Gasteiger partial charge on any atom is 0.264 e. The highest BCUT2D eigenvalue weighted by Crippen LogP contribution is 2.29. The number of carbonyl (C=O) groups is 2. The second kappa shape index (κ2) is 13.5. The van der Waals surface area contributed by atoms with Gasteiger partial charge in [-0.25, -0.2) is 8.42 Å². The molecule has 0 bridgehead atoms. The van der Waals surface area contributed by atoms with Crippen LogP contribution >= 0.6 is 11.6 Å². The molecule has 1 fully saturated rings. The summed E-state index contributed by atoms with van der Waals surface area (Å²) in [5.41, 5.74) is 2.87. The Hall–Kier alpha value is -3.36. The molecule has 0 heterocycles. The molecule has 0 unspecified atom stereocenters. The Balaban J connectivity index is 1.69. The first-order valence-corrected chi connectivity index (χ1v) is 15.9. The highest BCUT2D eigenvalue weighted by Gasteiger charge is 2.33. The molecule has 1 atom stereocenters. The molecule has 0 saturated heterocycles. The van der Waals surface area contributed by atoms with E-state index in [1.54, 1.807) is 61.5 Å². The fourth-order valence-corrected chi connectivity index (χ4v) is 6.80. The van der Waals surface area contributed by atoms with Gasteiger partial charge in [-0.2, -0.15) is 0 Å². The summed E-state index contributed by atoms with van der Waals surface area (Å²) in [4.78, 5) is 29.1. The number of halogens is 1. The molecule has 1 saturated carbocycles.